The number of hydrogen-bond acceptors (Lipinski definition) is 1. The maximum absolute atomic E-state index is 12.3. The normalized spacial score (nSPS) is 54.1. The van der Waals surface area contributed by atoms with E-state index < -0.39 is 0 Å². The Kier molecular flexibility index (Phi) is 1.97. The molecular weight excluding hydrogens is 196 g/mol. The maximum atomic E-state index is 12.3. The SMILES string of the molecule is C[C@@H]1CCC(=O)[C@]2(C)CC[C@@H]3[C@H]([C@H]12)C3(C)C. The van der Waals surface area contributed by atoms with Gasteiger partial charge in [0.25, 0.3) is 0 Å². The number of Topliss-reactive ketones (excluding diaryl/α,β-unsaturated/α-hetero) is 1. The van der Waals surface area contributed by atoms with Crippen LogP contribution in [-0.2, 0) is 4.79 Å². The Hall–Kier alpha value is -0.330. The van der Waals surface area contributed by atoms with E-state index in [4.69, 9.17) is 0 Å². The van der Waals surface area contributed by atoms with Crippen LogP contribution in [0, 0.1) is 34.5 Å². The Morgan fingerprint density at radius 1 is 1.12 bits per heavy atom. The Labute approximate surface area is 99.0 Å². The van der Waals surface area contributed by atoms with Gasteiger partial charge in [-0.25, -0.2) is 0 Å². The van der Waals surface area contributed by atoms with Gasteiger partial charge in [0.2, 0.25) is 0 Å². The zero-order valence-corrected chi connectivity index (χ0v) is 11.0. The lowest BCUT2D eigenvalue weighted by atomic mass is 9.56. The van der Waals surface area contributed by atoms with E-state index in [0.29, 0.717) is 17.1 Å². The minimum Gasteiger partial charge on any atom is -0.299 e. The second-order valence-electron chi connectivity index (χ2n) is 7.37. The van der Waals surface area contributed by atoms with Crippen LogP contribution in [0.2, 0.25) is 0 Å². The highest BCUT2D eigenvalue weighted by Gasteiger charge is 2.68. The van der Waals surface area contributed by atoms with Gasteiger partial charge in [-0.3, -0.25) is 4.79 Å². The summed E-state index contributed by atoms with van der Waals surface area (Å²) in [5.74, 6) is 3.76. The Morgan fingerprint density at radius 2 is 1.81 bits per heavy atom. The number of carbonyl (C=O) groups excluding carboxylic acids is 1. The third kappa shape index (κ3) is 1.10. The van der Waals surface area contributed by atoms with Crippen LogP contribution in [0.5, 0.6) is 0 Å². The third-order valence-corrected chi connectivity index (χ3v) is 6.31. The topological polar surface area (TPSA) is 17.1 Å². The zero-order valence-electron chi connectivity index (χ0n) is 11.0. The standard InChI is InChI=1S/C15H24O/c1-9-5-6-11(16)15(4)8-7-10-13(12(9)15)14(10,2)3/h9-10,12-13H,5-8H2,1-4H3/t9-,10-,12+,13-,15+/m1/s1. The summed E-state index contributed by atoms with van der Waals surface area (Å²) in [6.45, 7) is 9.48. The van der Waals surface area contributed by atoms with Crippen LogP contribution in [0.4, 0.5) is 0 Å². The van der Waals surface area contributed by atoms with E-state index in [1.54, 1.807) is 0 Å². The summed E-state index contributed by atoms with van der Waals surface area (Å²) in [5.41, 5.74) is 0.556. The summed E-state index contributed by atoms with van der Waals surface area (Å²) >= 11 is 0. The minimum absolute atomic E-state index is 0.0343. The van der Waals surface area contributed by atoms with Crippen LogP contribution >= 0.6 is 0 Å². The molecule has 0 aliphatic heterocycles. The molecule has 0 saturated heterocycles. The van der Waals surface area contributed by atoms with Gasteiger partial charge in [0.05, 0.1) is 0 Å². The molecular formula is C15H24O. The van der Waals surface area contributed by atoms with E-state index in [0.717, 1.165) is 37.0 Å². The lowest BCUT2D eigenvalue weighted by Crippen LogP contribution is -2.46. The van der Waals surface area contributed by atoms with Crippen molar-refractivity contribution < 1.29 is 4.79 Å². The van der Waals surface area contributed by atoms with E-state index in [9.17, 15) is 4.79 Å². The van der Waals surface area contributed by atoms with Gasteiger partial charge in [0.15, 0.2) is 0 Å². The second kappa shape index (κ2) is 2.91. The summed E-state index contributed by atoms with van der Waals surface area (Å²) in [4.78, 5) is 12.3. The summed E-state index contributed by atoms with van der Waals surface area (Å²) in [5, 5.41) is 0. The highest BCUT2D eigenvalue weighted by Crippen LogP contribution is 2.73. The van der Waals surface area contributed by atoms with Crippen molar-refractivity contribution in [1.82, 2.24) is 0 Å². The molecule has 0 aromatic heterocycles. The van der Waals surface area contributed by atoms with Crippen molar-refractivity contribution in [3.05, 3.63) is 0 Å². The first-order valence-electron chi connectivity index (χ1n) is 6.92. The van der Waals surface area contributed by atoms with Crippen LogP contribution in [0.1, 0.15) is 53.4 Å². The van der Waals surface area contributed by atoms with E-state index in [1.165, 1.54) is 6.42 Å². The molecule has 0 radical (unpaired) electrons. The monoisotopic (exact) mass is 220 g/mol. The van der Waals surface area contributed by atoms with E-state index in [2.05, 4.69) is 27.7 Å². The van der Waals surface area contributed by atoms with Crippen molar-refractivity contribution in [2.24, 2.45) is 34.5 Å². The molecule has 0 bridgehead atoms. The smallest absolute Gasteiger partial charge is 0.139 e. The fraction of sp³-hybridized carbons (Fsp3) is 0.933. The minimum atomic E-state index is 0.0343. The van der Waals surface area contributed by atoms with Crippen molar-refractivity contribution in [3.63, 3.8) is 0 Å². The summed E-state index contributed by atoms with van der Waals surface area (Å²) in [6, 6.07) is 0. The number of hydrogen-bond donors (Lipinski definition) is 0. The molecule has 0 unspecified atom stereocenters. The van der Waals surface area contributed by atoms with E-state index >= 15 is 0 Å². The lowest BCUT2D eigenvalue weighted by Gasteiger charge is -2.47. The molecule has 5 atom stereocenters. The van der Waals surface area contributed by atoms with E-state index in [-0.39, 0.29) is 5.41 Å². The maximum Gasteiger partial charge on any atom is 0.139 e. The predicted molar refractivity (Wildman–Crippen MR) is 65.0 cm³/mol. The van der Waals surface area contributed by atoms with Gasteiger partial charge in [-0.15, -0.1) is 0 Å². The quantitative estimate of drug-likeness (QED) is 0.608. The summed E-state index contributed by atoms with van der Waals surface area (Å²) in [6.07, 6.45) is 4.43. The van der Waals surface area contributed by atoms with Crippen LogP contribution in [0.25, 0.3) is 0 Å². The molecule has 3 fully saturated rings. The zero-order chi connectivity index (χ0) is 11.7. The van der Waals surface area contributed by atoms with Crippen molar-refractivity contribution >= 4 is 5.78 Å². The molecule has 3 saturated carbocycles. The average molecular weight is 220 g/mol. The summed E-state index contributed by atoms with van der Waals surface area (Å²) < 4.78 is 0. The van der Waals surface area contributed by atoms with Crippen LogP contribution in [-0.4, -0.2) is 5.78 Å². The van der Waals surface area contributed by atoms with Gasteiger partial charge in [-0.1, -0.05) is 27.7 Å². The van der Waals surface area contributed by atoms with E-state index in [1.807, 2.05) is 0 Å². The van der Waals surface area contributed by atoms with Crippen molar-refractivity contribution in [1.29, 1.82) is 0 Å². The van der Waals surface area contributed by atoms with Crippen molar-refractivity contribution in [2.45, 2.75) is 53.4 Å². The Balaban J connectivity index is 1.98. The molecule has 1 heteroatoms. The third-order valence-electron chi connectivity index (χ3n) is 6.31. The molecule has 3 rings (SSSR count). The fourth-order valence-electron chi connectivity index (χ4n) is 5.20. The largest absolute Gasteiger partial charge is 0.299 e. The lowest BCUT2D eigenvalue weighted by molar-refractivity contribution is -0.140. The highest BCUT2D eigenvalue weighted by molar-refractivity contribution is 5.86. The molecule has 0 N–H and O–H groups in total. The second-order valence-corrected chi connectivity index (χ2v) is 7.37. The molecule has 1 nitrogen and oxygen atoms in total. The number of ketones is 1. The molecule has 16 heavy (non-hydrogen) atoms. The first-order chi connectivity index (χ1) is 7.39. The van der Waals surface area contributed by atoms with Gasteiger partial charge in [-0.05, 0) is 48.3 Å². The first-order valence-corrected chi connectivity index (χ1v) is 6.92. The van der Waals surface area contributed by atoms with Gasteiger partial charge in [0.1, 0.15) is 5.78 Å². The van der Waals surface area contributed by atoms with Gasteiger partial charge < -0.3 is 0 Å². The number of fused-ring (bicyclic) bond motifs is 3. The van der Waals surface area contributed by atoms with Crippen molar-refractivity contribution in [3.8, 4) is 0 Å². The first kappa shape index (κ1) is 10.8. The number of rotatable bonds is 0. The number of carbonyl (C=O) groups is 1. The average Bonchev–Trinajstić information content (AvgIpc) is 2.76. The van der Waals surface area contributed by atoms with Gasteiger partial charge >= 0.3 is 0 Å². The Morgan fingerprint density at radius 3 is 2.50 bits per heavy atom. The Bertz CT molecular complexity index is 343. The fourth-order valence-corrected chi connectivity index (χ4v) is 5.20. The molecule has 0 aromatic rings. The van der Waals surface area contributed by atoms with Crippen LogP contribution < -0.4 is 0 Å². The molecule has 90 valence electrons. The molecule has 0 spiro atoms. The molecule has 0 aromatic carbocycles. The molecule has 3 aliphatic rings. The highest BCUT2D eigenvalue weighted by atomic mass is 16.1. The van der Waals surface area contributed by atoms with Crippen LogP contribution in [0.15, 0.2) is 0 Å². The van der Waals surface area contributed by atoms with Gasteiger partial charge in [-0.2, -0.15) is 0 Å². The molecule has 3 aliphatic carbocycles. The van der Waals surface area contributed by atoms with Gasteiger partial charge in [0, 0.05) is 11.8 Å². The summed E-state index contributed by atoms with van der Waals surface area (Å²) in [7, 11) is 0. The van der Waals surface area contributed by atoms with Crippen molar-refractivity contribution in [2.75, 3.05) is 0 Å². The predicted octanol–water partition coefficient (Wildman–Crippen LogP) is 3.67. The molecule has 0 amide bonds. The van der Waals surface area contributed by atoms with Crippen LogP contribution in [0.3, 0.4) is 0 Å². The molecule has 0 heterocycles.